The van der Waals surface area contributed by atoms with Crippen LogP contribution < -0.4 is 4.74 Å². The monoisotopic (exact) mass is 452 g/mol. The molecule has 0 unspecified atom stereocenters. The van der Waals surface area contributed by atoms with E-state index in [1.165, 1.54) is 0 Å². The highest BCUT2D eigenvalue weighted by Gasteiger charge is 2.48. The first-order chi connectivity index (χ1) is 13.5. The second-order valence-electron chi connectivity index (χ2n) is 7.25. The summed E-state index contributed by atoms with van der Waals surface area (Å²) in [6.07, 6.45) is 0.812. The van der Waals surface area contributed by atoms with Crippen molar-refractivity contribution in [3.05, 3.63) is 99.0 Å². The zero-order valence-corrected chi connectivity index (χ0v) is 17.6. The molecule has 0 fully saturated rings. The molecule has 0 amide bonds. The maximum atomic E-state index is 6.54. The Morgan fingerprint density at radius 3 is 2.57 bits per heavy atom. The van der Waals surface area contributed by atoms with Gasteiger partial charge in [-0.15, -0.1) is 0 Å². The summed E-state index contributed by atoms with van der Waals surface area (Å²) < 4.78 is 7.58. The lowest BCUT2D eigenvalue weighted by Crippen LogP contribution is -2.48. The van der Waals surface area contributed by atoms with Gasteiger partial charge in [0.2, 0.25) is 5.72 Å². The van der Waals surface area contributed by atoms with Gasteiger partial charge in [0.15, 0.2) is 0 Å². The number of hydrogen-bond donors (Lipinski definition) is 0. The number of halogens is 2. The summed E-state index contributed by atoms with van der Waals surface area (Å²) >= 11 is 9.83. The molecule has 0 aromatic heterocycles. The van der Waals surface area contributed by atoms with Gasteiger partial charge in [0, 0.05) is 34.0 Å². The van der Waals surface area contributed by atoms with E-state index in [1.807, 2.05) is 48.5 Å². The summed E-state index contributed by atoms with van der Waals surface area (Å²) in [5, 5.41) is 7.84. The highest BCUT2D eigenvalue weighted by atomic mass is 79.9. The van der Waals surface area contributed by atoms with Crippen LogP contribution in [0.1, 0.15) is 36.1 Å². The van der Waals surface area contributed by atoms with E-state index in [4.69, 9.17) is 21.4 Å². The first-order valence-electron chi connectivity index (χ1n) is 9.21. The fraction of sp³-hybridized carbons (Fsp3) is 0.174. The number of fused-ring (bicyclic) bond motifs is 3. The largest absolute Gasteiger partial charge is 0.462 e. The van der Waals surface area contributed by atoms with Gasteiger partial charge in [0.05, 0.1) is 11.8 Å². The predicted octanol–water partition coefficient (Wildman–Crippen LogP) is 6.52. The van der Waals surface area contributed by atoms with Crippen LogP contribution in [0.5, 0.6) is 5.75 Å². The van der Waals surface area contributed by atoms with Gasteiger partial charge in [-0.2, -0.15) is 5.10 Å². The molecule has 28 heavy (non-hydrogen) atoms. The lowest BCUT2D eigenvalue weighted by atomic mass is 9.92. The zero-order chi connectivity index (χ0) is 19.3. The van der Waals surface area contributed by atoms with Crippen molar-refractivity contribution in [2.24, 2.45) is 5.10 Å². The molecular weight excluding hydrogens is 436 g/mol. The summed E-state index contributed by atoms with van der Waals surface area (Å²) in [4.78, 5) is 0. The molecule has 0 spiro atoms. The van der Waals surface area contributed by atoms with Gasteiger partial charge in [-0.25, -0.2) is 5.01 Å². The van der Waals surface area contributed by atoms with E-state index in [1.54, 1.807) is 0 Å². The van der Waals surface area contributed by atoms with Crippen molar-refractivity contribution in [1.29, 1.82) is 0 Å². The third kappa shape index (κ3) is 2.83. The van der Waals surface area contributed by atoms with Crippen molar-refractivity contribution in [3.63, 3.8) is 0 Å². The zero-order valence-electron chi connectivity index (χ0n) is 15.3. The Kier molecular flexibility index (Phi) is 4.22. The van der Waals surface area contributed by atoms with Crippen LogP contribution in [0, 0.1) is 0 Å². The van der Waals surface area contributed by atoms with Crippen LogP contribution in [-0.2, 0) is 5.72 Å². The van der Waals surface area contributed by atoms with Crippen LogP contribution in [-0.4, -0.2) is 10.7 Å². The average Bonchev–Trinajstić information content (AvgIpc) is 3.17. The van der Waals surface area contributed by atoms with Crippen molar-refractivity contribution < 1.29 is 4.74 Å². The third-order valence-electron chi connectivity index (χ3n) is 5.47. The van der Waals surface area contributed by atoms with E-state index >= 15 is 0 Å². The van der Waals surface area contributed by atoms with Crippen molar-refractivity contribution >= 4 is 33.2 Å². The lowest BCUT2D eigenvalue weighted by Gasteiger charge is -2.46. The number of rotatable bonds is 2. The van der Waals surface area contributed by atoms with Gasteiger partial charge in [-0.05, 0) is 35.9 Å². The fourth-order valence-corrected chi connectivity index (χ4v) is 4.48. The van der Waals surface area contributed by atoms with Crippen LogP contribution in [0.3, 0.4) is 0 Å². The molecule has 2 aliphatic rings. The lowest BCUT2D eigenvalue weighted by molar-refractivity contribution is -0.112. The van der Waals surface area contributed by atoms with E-state index in [0.29, 0.717) is 5.02 Å². The Labute approximate surface area is 177 Å². The smallest absolute Gasteiger partial charge is 0.221 e. The molecule has 0 aliphatic carbocycles. The van der Waals surface area contributed by atoms with Crippen LogP contribution in [0.4, 0.5) is 0 Å². The Morgan fingerprint density at radius 2 is 1.82 bits per heavy atom. The highest BCUT2D eigenvalue weighted by Crippen LogP contribution is 2.50. The van der Waals surface area contributed by atoms with Crippen LogP contribution in [0.15, 0.2) is 82.4 Å². The molecule has 0 saturated heterocycles. The Balaban J connectivity index is 1.66. The summed E-state index contributed by atoms with van der Waals surface area (Å²) in [5.41, 5.74) is 3.63. The number of nitrogens with zero attached hydrogens (tertiary/aromatic N) is 2. The number of ether oxygens (including phenoxy) is 1. The van der Waals surface area contributed by atoms with E-state index in [2.05, 4.69) is 52.1 Å². The van der Waals surface area contributed by atoms with Crippen molar-refractivity contribution in [3.8, 4) is 5.75 Å². The van der Waals surface area contributed by atoms with Crippen molar-refractivity contribution in [1.82, 2.24) is 5.01 Å². The molecule has 3 nitrogen and oxygen atoms in total. The summed E-state index contributed by atoms with van der Waals surface area (Å²) in [6.45, 7) is 2.08. The SMILES string of the molecule is C[C@]1(c2ccc(Br)cc2)Oc2ccc(Cl)cc2[C@@H]2CC(c3ccccc3)=NN21. The van der Waals surface area contributed by atoms with Crippen molar-refractivity contribution in [2.75, 3.05) is 0 Å². The Bertz CT molecular complexity index is 1070. The first kappa shape index (κ1) is 17.8. The van der Waals surface area contributed by atoms with E-state index in [-0.39, 0.29) is 6.04 Å². The van der Waals surface area contributed by atoms with Gasteiger partial charge < -0.3 is 4.74 Å². The molecule has 3 aromatic carbocycles. The molecule has 5 rings (SSSR count). The summed E-state index contributed by atoms with van der Waals surface area (Å²) in [7, 11) is 0. The van der Waals surface area contributed by atoms with E-state index in [9.17, 15) is 0 Å². The number of hydrazone groups is 1. The van der Waals surface area contributed by atoms with Crippen LogP contribution in [0.2, 0.25) is 5.02 Å². The Hall–Kier alpha value is -2.30. The van der Waals surface area contributed by atoms with E-state index in [0.717, 1.165) is 39.0 Å². The molecule has 3 aromatic rings. The minimum absolute atomic E-state index is 0.0753. The van der Waals surface area contributed by atoms with Gasteiger partial charge in [0.25, 0.3) is 0 Å². The first-order valence-corrected chi connectivity index (χ1v) is 10.4. The molecule has 140 valence electrons. The molecule has 2 atom stereocenters. The quantitative estimate of drug-likeness (QED) is 0.441. The molecule has 0 N–H and O–H groups in total. The molecule has 2 heterocycles. The van der Waals surface area contributed by atoms with Gasteiger partial charge >= 0.3 is 0 Å². The van der Waals surface area contributed by atoms with Gasteiger partial charge in [0.1, 0.15) is 5.75 Å². The maximum Gasteiger partial charge on any atom is 0.221 e. The van der Waals surface area contributed by atoms with Crippen LogP contribution >= 0.6 is 27.5 Å². The highest BCUT2D eigenvalue weighted by molar-refractivity contribution is 9.10. The topological polar surface area (TPSA) is 24.8 Å². The number of hydrogen-bond acceptors (Lipinski definition) is 3. The number of benzene rings is 3. The van der Waals surface area contributed by atoms with E-state index < -0.39 is 5.72 Å². The second-order valence-corrected chi connectivity index (χ2v) is 8.60. The maximum absolute atomic E-state index is 6.54. The molecule has 2 aliphatic heterocycles. The standard InChI is InChI=1S/C23H18BrClN2O/c1-23(16-7-9-17(24)10-8-16)27-21(19-13-18(25)11-12-22(19)28-23)14-20(26-27)15-5-3-2-4-6-15/h2-13,21H,14H2,1H3/t21-,23+/m0/s1. The Morgan fingerprint density at radius 1 is 1.07 bits per heavy atom. The van der Waals surface area contributed by atoms with Gasteiger partial charge in [-0.3, -0.25) is 0 Å². The summed E-state index contributed by atoms with van der Waals surface area (Å²) in [6, 6.07) is 24.5. The molecule has 5 heteroatoms. The summed E-state index contributed by atoms with van der Waals surface area (Å²) in [5.74, 6) is 0.862. The molecule has 0 radical (unpaired) electrons. The molecular formula is C23H18BrClN2O. The normalized spacial score (nSPS) is 22.9. The average molecular weight is 454 g/mol. The van der Waals surface area contributed by atoms with Crippen molar-refractivity contribution in [2.45, 2.75) is 25.1 Å². The molecule has 0 bridgehead atoms. The second kappa shape index (κ2) is 6.64. The predicted molar refractivity (Wildman–Crippen MR) is 116 cm³/mol. The fourth-order valence-electron chi connectivity index (χ4n) is 4.03. The third-order valence-corrected chi connectivity index (χ3v) is 6.24. The minimum atomic E-state index is -0.706. The van der Waals surface area contributed by atoms with Gasteiger partial charge in [-0.1, -0.05) is 70.0 Å². The minimum Gasteiger partial charge on any atom is -0.462 e. The van der Waals surface area contributed by atoms with Crippen LogP contribution in [0.25, 0.3) is 0 Å². The molecule has 0 saturated carbocycles.